The van der Waals surface area contributed by atoms with Gasteiger partial charge >= 0.3 is 5.97 Å². The molecule has 0 radical (unpaired) electrons. The quantitative estimate of drug-likeness (QED) is 0.151. The van der Waals surface area contributed by atoms with Gasteiger partial charge in [-0.2, -0.15) is 0 Å². The molecule has 0 saturated heterocycles. The molecule has 0 aliphatic rings. The predicted octanol–water partition coefficient (Wildman–Crippen LogP) is 7.91. The van der Waals surface area contributed by atoms with Gasteiger partial charge in [-0.1, -0.05) is 112 Å². The molecule has 0 aliphatic carbocycles. The Kier molecular flexibility index (Phi) is 8.65. The summed E-state index contributed by atoms with van der Waals surface area (Å²) in [6.45, 7) is 13.0. The summed E-state index contributed by atoms with van der Waals surface area (Å²) in [5.41, 5.74) is 3.95. The van der Waals surface area contributed by atoms with Crippen molar-refractivity contribution in [2.45, 2.75) is 58.5 Å². The van der Waals surface area contributed by atoms with E-state index in [1.807, 2.05) is 60.7 Å². The van der Waals surface area contributed by atoms with Crippen molar-refractivity contribution in [2.75, 3.05) is 12.0 Å². The number of hydrogen-bond acceptors (Lipinski definition) is 4. The molecular formula is C33H40N2O3Si. The number of methoxy groups -OCH3 is 1. The summed E-state index contributed by atoms with van der Waals surface area (Å²) >= 11 is 0. The van der Waals surface area contributed by atoms with E-state index in [9.17, 15) is 4.79 Å². The molecular weight excluding hydrogens is 500 g/mol. The van der Waals surface area contributed by atoms with Crippen LogP contribution in [0.25, 0.3) is 0 Å². The highest BCUT2D eigenvalue weighted by atomic mass is 28.4. The summed E-state index contributed by atoms with van der Waals surface area (Å²) in [5.74, 6) is 1.13. The highest BCUT2D eigenvalue weighted by Crippen LogP contribution is 2.41. The summed E-state index contributed by atoms with van der Waals surface area (Å²) in [5, 5.41) is -0.00575. The van der Waals surface area contributed by atoms with E-state index >= 15 is 0 Å². The number of ether oxygens (including phenoxy) is 1. The number of anilines is 1. The third-order valence-electron chi connectivity index (χ3n) is 7.52. The van der Waals surface area contributed by atoms with Gasteiger partial charge in [0.1, 0.15) is 11.4 Å². The van der Waals surface area contributed by atoms with Crippen molar-refractivity contribution in [2.24, 2.45) is 0 Å². The molecule has 1 heterocycles. The lowest BCUT2D eigenvalue weighted by atomic mass is 10.1. The first kappa shape index (κ1) is 28.2. The average Bonchev–Trinajstić information content (AvgIpc) is 3.26. The molecule has 5 nitrogen and oxygen atoms in total. The van der Waals surface area contributed by atoms with Crippen molar-refractivity contribution in [1.82, 2.24) is 4.57 Å². The Hall–Kier alpha value is -3.77. The number of hydrogen-bond donors (Lipinski definition) is 0. The molecule has 0 atom stereocenters. The van der Waals surface area contributed by atoms with Crippen molar-refractivity contribution < 1.29 is 14.0 Å². The van der Waals surface area contributed by atoms with Gasteiger partial charge in [0.2, 0.25) is 0 Å². The van der Waals surface area contributed by atoms with E-state index in [4.69, 9.17) is 9.16 Å². The first-order chi connectivity index (χ1) is 18.6. The smallest absolute Gasteiger partial charge is 0.341 e. The number of benzene rings is 3. The SMILES string of the molecule is COC(=O)c1cc(O[Si](C)(C)C(C)(C)C)n(Cc2ccccc2)c1N(Cc1ccccc1)Cc1ccccc1. The van der Waals surface area contributed by atoms with Gasteiger partial charge in [-0.25, -0.2) is 4.79 Å². The second-order valence-corrected chi connectivity index (χ2v) is 16.2. The van der Waals surface area contributed by atoms with E-state index in [0.29, 0.717) is 31.1 Å². The number of aromatic nitrogens is 1. The Bertz CT molecular complexity index is 1320. The maximum absolute atomic E-state index is 13.3. The van der Waals surface area contributed by atoms with Crippen molar-refractivity contribution in [1.29, 1.82) is 0 Å². The van der Waals surface area contributed by atoms with Crippen LogP contribution in [0.15, 0.2) is 97.1 Å². The third-order valence-corrected chi connectivity index (χ3v) is 11.8. The molecule has 0 spiro atoms. The number of carbonyl (C=O) groups is 1. The standard InChI is InChI=1S/C33H40N2O3Si/c1-33(2,3)39(5,6)38-30-22-29(32(36)37-4)31(35(30)25-28-20-14-9-15-21-28)34(23-26-16-10-7-11-17-26)24-27-18-12-8-13-19-27/h7-22H,23-25H2,1-6H3. The Morgan fingerprint density at radius 1 is 0.795 bits per heavy atom. The zero-order valence-corrected chi connectivity index (χ0v) is 25.0. The fourth-order valence-electron chi connectivity index (χ4n) is 4.35. The second-order valence-electron chi connectivity index (χ2n) is 11.5. The van der Waals surface area contributed by atoms with Crippen LogP contribution >= 0.6 is 0 Å². The van der Waals surface area contributed by atoms with Gasteiger partial charge in [0.25, 0.3) is 8.32 Å². The molecule has 6 heteroatoms. The van der Waals surface area contributed by atoms with Crippen LogP contribution in [-0.4, -0.2) is 26.0 Å². The van der Waals surface area contributed by atoms with Crippen LogP contribution < -0.4 is 9.33 Å². The molecule has 39 heavy (non-hydrogen) atoms. The molecule has 1 aromatic heterocycles. The van der Waals surface area contributed by atoms with E-state index in [-0.39, 0.29) is 11.0 Å². The van der Waals surface area contributed by atoms with Gasteiger partial charge in [-0.15, -0.1) is 0 Å². The summed E-state index contributed by atoms with van der Waals surface area (Å²) < 4.78 is 14.4. The van der Waals surface area contributed by atoms with Crippen LogP contribution in [0.5, 0.6) is 5.88 Å². The minimum atomic E-state index is -2.22. The molecule has 0 saturated carbocycles. The summed E-state index contributed by atoms with van der Waals surface area (Å²) in [4.78, 5) is 15.6. The monoisotopic (exact) mass is 540 g/mol. The van der Waals surface area contributed by atoms with Crippen molar-refractivity contribution in [3.8, 4) is 5.88 Å². The van der Waals surface area contributed by atoms with Crippen LogP contribution in [0.2, 0.25) is 18.1 Å². The van der Waals surface area contributed by atoms with E-state index in [1.54, 1.807) is 0 Å². The molecule has 0 N–H and O–H groups in total. The highest BCUT2D eigenvalue weighted by Gasteiger charge is 2.40. The van der Waals surface area contributed by atoms with E-state index in [2.05, 4.69) is 79.7 Å². The van der Waals surface area contributed by atoms with E-state index in [1.165, 1.54) is 7.11 Å². The first-order valence-electron chi connectivity index (χ1n) is 13.5. The van der Waals surface area contributed by atoms with Crippen molar-refractivity contribution >= 4 is 20.1 Å². The molecule has 0 fully saturated rings. The van der Waals surface area contributed by atoms with Gasteiger partial charge in [-0.3, -0.25) is 4.57 Å². The van der Waals surface area contributed by atoms with Crippen LogP contribution in [0.3, 0.4) is 0 Å². The second kappa shape index (κ2) is 12.0. The summed E-state index contributed by atoms with van der Waals surface area (Å²) in [6.07, 6.45) is 0. The highest BCUT2D eigenvalue weighted by molar-refractivity contribution is 6.74. The van der Waals surface area contributed by atoms with Gasteiger partial charge < -0.3 is 14.1 Å². The molecule has 0 bridgehead atoms. The van der Waals surface area contributed by atoms with Gasteiger partial charge in [0.05, 0.1) is 13.7 Å². The lowest BCUT2D eigenvalue weighted by molar-refractivity contribution is 0.0601. The first-order valence-corrected chi connectivity index (χ1v) is 16.4. The number of rotatable bonds is 10. The fraction of sp³-hybridized carbons (Fsp3) is 0.303. The van der Waals surface area contributed by atoms with Gasteiger partial charge in [0, 0.05) is 19.2 Å². The average molecular weight is 541 g/mol. The Labute approximate surface area is 234 Å². The maximum atomic E-state index is 13.3. The fourth-order valence-corrected chi connectivity index (χ4v) is 5.35. The predicted molar refractivity (Wildman–Crippen MR) is 162 cm³/mol. The van der Waals surface area contributed by atoms with Gasteiger partial charge in [0.15, 0.2) is 5.88 Å². The Morgan fingerprint density at radius 3 is 1.69 bits per heavy atom. The number of carbonyl (C=O) groups excluding carboxylic acids is 1. The van der Waals surface area contributed by atoms with E-state index in [0.717, 1.165) is 22.5 Å². The molecule has 4 aromatic rings. The van der Waals surface area contributed by atoms with E-state index < -0.39 is 8.32 Å². The zero-order valence-electron chi connectivity index (χ0n) is 24.0. The minimum absolute atomic E-state index is 0.00575. The van der Waals surface area contributed by atoms with Crippen LogP contribution in [0, 0.1) is 0 Å². The Morgan fingerprint density at radius 2 is 1.26 bits per heavy atom. The number of nitrogens with zero attached hydrogens (tertiary/aromatic N) is 2. The minimum Gasteiger partial charge on any atom is -0.532 e. The summed E-state index contributed by atoms with van der Waals surface area (Å²) in [7, 11) is -0.785. The molecule has 0 aliphatic heterocycles. The zero-order chi connectivity index (χ0) is 28.0. The molecule has 4 rings (SSSR count). The lowest BCUT2D eigenvalue weighted by Gasteiger charge is -2.37. The Balaban J connectivity index is 1.92. The molecule has 204 valence electrons. The van der Waals surface area contributed by atoms with Crippen LogP contribution in [0.4, 0.5) is 5.82 Å². The normalized spacial score (nSPS) is 11.7. The van der Waals surface area contributed by atoms with Crippen molar-refractivity contribution in [3.63, 3.8) is 0 Å². The number of esters is 1. The largest absolute Gasteiger partial charge is 0.532 e. The van der Waals surface area contributed by atoms with Crippen LogP contribution in [-0.2, 0) is 24.4 Å². The van der Waals surface area contributed by atoms with Crippen molar-refractivity contribution in [3.05, 3.63) is 119 Å². The van der Waals surface area contributed by atoms with Gasteiger partial charge in [-0.05, 0) is 34.8 Å². The third kappa shape index (κ3) is 6.81. The molecule has 0 amide bonds. The molecule has 0 unspecified atom stereocenters. The van der Waals surface area contributed by atoms with Crippen LogP contribution in [0.1, 0.15) is 47.8 Å². The lowest BCUT2D eigenvalue weighted by Crippen LogP contribution is -2.44. The molecule has 3 aromatic carbocycles. The topological polar surface area (TPSA) is 43.7 Å². The maximum Gasteiger partial charge on any atom is 0.341 e. The summed E-state index contributed by atoms with van der Waals surface area (Å²) in [6, 6.07) is 32.9.